The van der Waals surface area contributed by atoms with Gasteiger partial charge in [-0.15, -0.1) is 0 Å². The SMILES string of the molecule is CN(CCC(F)(F)F)c1nccc(CO)c1F. The Balaban J connectivity index is 2.79. The fourth-order valence-corrected chi connectivity index (χ4v) is 1.26. The molecular formula is C10H12F4N2O. The van der Waals surface area contributed by atoms with Gasteiger partial charge in [0, 0.05) is 25.4 Å². The Kier molecular flexibility index (Phi) is 4.28. The highest BCUT2D eigenvalue weighted by atomic mass is 19.4. The molecule has 0 aliphatic carbocycles. The number of pyridine rings is 1. The molecule has 0 aliphatic rings. The minimum atomic E-state index is -4.29. The van der Waals surface area contributed by atoms with Crippen LogP contribution in [-0.2, 0) is 6.61 Å². The highest BCUT2D eigenvalue weighted by Crippen LogP contribution is 2.23. The van der Waals surface area contributed by atoms with Crippen molar-refractivity contribution in [3.63, 3.8) is 0 Å². The Bertz CT molecular complexity index is 381. The van der Waals surface area contributed by atoms with Crippen molar-refractivity contribution >= 4 is 5.82 Å². The molecule has 1 heterocycles. The lowest BCUT2D eigenvalue weighted by atomic mass is 10.2. The third kappa shape index (κ3) is 3.85. The summed E-state index contributed by atoms with van der Waals surface area (Å²) < 4.78 is 49.6. The van der Waals surface area contributed by atoms with Crippen LogP contribution in [0, 0.1) is 5.82 Å². The minimum Gasteiger partial charge on any atom is -0.392 e. The van der Waals surface area contributed by atoms with E-state index in [1.807, 2.05) is 0 Å². The Morgan fingerprint density at radius 1 is 1.41 bits per heavy atom. The van der Waals surface area contributed by atoms with Crippen LogP contribution in [0.5, 0.6) is 0 Å². The highest BCUT2D eigenvalue weighted by Gasteiger charge is 2.28. The summed E-state index contributed by atoms with van der Waals surface area (Å²) in [6.45, 7) is -0.906. The van der Waals surface area contributed by atoms with E-state index in [0.717, 1.165) is 4.90 Å². The van der Waals surface area contributed by atoms with Gasteiger partial charge in [-0.05, 0) is 6.07 Å². The molecule has 0 fully saturated rings. The quantitative estimate of drug-likeness (QED) is 0.834. The normalized spacial score (nSPS) is 11.6. The lowest BCUT2D eigenvalue weighted by Crippen LogP contribution is -2.26. The van der Waals surface area contributed by atoms with E-state index in [9.17, 15) is 17.6 Å². The molecule has 0 radical (unpaired) electrons. The number of halogens is 4. The van der Waals surface area contributed by atoms with E-state index in [1.54, 1.807) is 0 Å². The van der Waals surface area contributed by atoms with Gasteiger partial charge in [-0.25, -0.2) is 9.37 Å². The van der Waals surface area contributed by atoms with Gasteiger partial charge in [-0.2, -0.15) is 13.2 Å². The highest BCUT2D eigenvalue weighted by molar-refractivity contribution is 5.42. The predicted molar refractivity (Wildman–Crippen MR) is 54.1 cm³/mol. The van der Waals surface area contributed by atoms with Crippen molar-refractivity contribution in [2.75, 3.05) is 18.5 Å². The van der Waals surface area contributed by atoms with Crippen LogP contribution >= 0.6 is 0 Å². The molecule has 0 bridgehead atoms. The van der Waals surface area contributed by atoms with Crippen LogP contribution in [-0.4, -0.2) is 29.9 Å². The van der Waals surface area contributed by atoms with Crippen LogP contribution in [0.25, 0.3) is 0 Å². The summed E-state index contributed by atoms with van der Waals surface area (Å²) in [6.07, 6.45) is -4.10. The van der Waals surface area contributed by atoms with E-state index in [-0.39, 0.29) is 17.9 Å². The fraction of sp³-hybridized carbons (Fsp3) is 0.500. The zero-order valence-electron chi connectivity index (χ0n) is 9.13. The monoisotopic (exact) mass is 252 g/mol. The van der Waals surface area contributed by atoms with Crippen molar-refractivity contribution < 1.29 is 22.7 Å². The van der Waals surface area contributed by atoms with E-state index >= 15 is 0 Å². The van der Waals surface area contributed by atoms with Gasteiger partial charge in [0.05, 0.1) is 13.0 Å². The lowest BCUT2D eigenvalue weighted by molar-refractivity contribution is -0.132. The summed E-state index contributed by atoms with van der Waals surface area (Å²) in [7, 11) is 1.32. The maximum atomic E-state index is 13.6. The second-order valence-corrected chi connectivity index (χ2v) is 3.55. The number of alkyl halides is 3. The lowest BCUT2D eigenvalue weighted by Gasteiger charge is -2.20. The number of hydrogen-bond donors (Lipinski definition) is 1. The Morgan fingerprint density at radius 2 is 2.06 bits per heavy atom. The Hall–Kier alpha value is -1.37. The van der Waals surface area contributed by atoms with Crippen LogP contribution in [0.15, 0.2) is 12.3 Å². The van der Waals surface area contributed by atoms with Crippen molar-refractivity contribution in [2.45, 2.75) is 19.2 Å². The van der Waals surface area contributed by atoms with Crippen LogP contribution in [0.4, 0.5) is 23.4 Å². The number of rotatable bonds is 4. The molecule has 17 heavy (non-hydrogen) atoms. The van der Waals surface area contributed by atoms with Crippen molar-refractivity contribution in [1.29, 1.82) is 0 Å². The standard InChI is InChI=1S/C10H12F4N2O/c1-16(5-3-10(12,13)14)9-8(11)7(6-17)2-4-15-9/h2,4,17H,3,5-6H2,1H3. The first-order valence-corrected chi connectivity index (χ1v) is 4.87. The fourth-order valence-electron chi connectivity index (χ4n) is 1.26. The van der Waals surface area contributed by atoms with Crippen molar-refractivity contribution in [2.24, 2.45) is 0 Å². The first-order valence-electron chi connectivity index (χ1n) is 4.87. The largest absolute Gasteiger partial charge is 0.392 e. The maximum absolute atomic E-state index is 13.6. The number of aliphatic hydroxyl groups excluding tert-OH is 1. The third-order valence-electron chi connectivity index (χ3n) is 2.21. The second-order valence-electron chi connectivity index (χ2n) is 3.55. The van der Waals surface area contributed by atoms with Crippen LogP contribution in [0.3, 0.4) is 0 Å². The van der Waals surface area contributed by atoms with Gasteiger partial charge in [0.25, 0.3) is 0 Å². The third-order valence-corrected chi connectivity index (χ3v) is 2.21. The molecule has 1 N–H and O–H groups in total. The van der Waals surface area contributed by atoms with E-state index < -0.39 is 25.0 Å². The average Bonchev–Trinajstić information content (AvgIpc) is 2.25. The van der Waals surface area contributed by atoms with Gasteiger partial charge in [0.1, 0.15) is 0 Å². The van der Waals surface area contributed by atoms with Crippen molar-refractivity contribution in [3.05, 3.63) is 23.6 Å². The number of aromatic nitrogens is 1. The smallest absolute Gasteiger partial charge is 0.390 e. The molecule has 96 valence electrons. The molecule has 3 nitrogen and oxygen atoms in total. The van der Waals surface area contributed by atoms with Gasteiger partial charge in [-0.1, -0.05) is 0 Å². The minimum absolute atomic E-state index is 0.00820. The Labute approximate surface area is 95.7 Å². The molecule has 0 amide bonds. The van der Waals surface area contributed by atoms with E-state index in [2.05, 4.69) is 4.98 Å². The molecule has 1 rings (SSSR count). The first kappa shape index (κ1) is 13.7. The van der Waals surface area contributed by atoms with Gasteiger partial charge in [0.2, 0.25) is 0 Å². The second kappa shape index (κ2) is 5.31. The predicted octanol–water partition coefficient (Wildman–Crippen LogP) is 2.10. The van der Waals surface area contributed by atoms with E-state index in [4.69, 9.17) is 5.11 Å². The number of nitrogens with zero attached hydrogens (tertiary/aromatic N) is 2. The summed E-state index contributed by atoms with van der Waals surface area (Å²) in [5, 5.41) is 8.82. The molecule has 7 heteroatoms. The zero-order valence-corrected chi connectivity index (χ0v) is 9.13. The van der Waals surface area contributed by atoms with E-state index in [0.29, 0.717) is 0 Å². The van der Waals surface area contributed by atoms with Crippen LogP contribution in [0.1, 0.15) is 12.0 Å². The molecule has 0 aromatic carbocycles. The van der Waals surface area contributed by atoms with Gasteiger partial charge < -0.3 is 10.0 Å². The van der Waals surface area contributed by atoms with Crippen molar-refractivity contribution in [3.8, 4) is 0 Å². The van der Waals surface area contributed by atoms with Crippen molar-refractivity contribution in [1.82, 2.24) is 4.98 Å². The first-order chi connectivity index (χ1) is 7.85. The summed E-state index contributed by atoms with van der Waals surface area (Å²) in [4.78, 5) is 4.73. The van der Waals surface area contributed by atoms with Gasteiger partial charge in [-0.3, -0.25) is 0 Å². The van der Waals surface area contributed by atoms with Gasteiger partial charge in [0.15, 0.2) is 11.6 Å². The van der Waals surface area contributed by atoms with Crippen LogP contribution < -0.4 is 4.90 Å². The summed E-state index contributed by atoms with van der Waals surface area (Å²) >= 11 is 0. The average molecular weight is 252 g/mol. The summed E-state index contributed by atoms with van der Waals surface area (Å²) in [5.74, 6) is -0.986. The molecule has 0 aliphatic heterocycles. The molecule has 1 aromatic rings. The molecule has 0 saturated carbocycles. The van der Waals surface area contributed by atoms with Crippen LogP contribution in [0.2, 0.25) is 0 Å². The van der Waals surface area contributed by atoms with Gasteiger partial charge >= 0.3 is 6.18 Å². The molecule has 0 spiro atoms. The Morgan fingerprint density at radius 3 is 2.59 bits per heavy atom. The molecule has 1 aromatic heterocycles. The molecule has 0 saturated heterocycles. The number of hydrogen-bond acceptors (Lipinski definition) is 3. The summed E-state index contributed by atoms with van der Waals surface area (Å²) in [5.41, 5.74) is 0.00820. The molecule has 0 unspecified atom stereocenters. The molecule has 0 atom stereocenters. The summed E-state index contributed by atoms with van der Waals surface area (Å²) in [6, 6.07) is 1.27. The number of aliphatic hydroxyl groups is 1. The topological polar surface area (TPSA) is 36.4 Å². The zero-order chi connectivity index (χ0) is 13.1. The number of anilines is 1. The molecular weight excluding hydrogens is 240 g/mol. The maximum Gasteiger partial charge on any atom is 0.390 e. The van der Waals surface area contributed by atoms with E-state index in [1.165, 1.54) is 19.3 Å².